The minimum atomic E-state index is -0.492. The van der Waals surface area contributed by atoms with Crippen LogP contribution in [0.4, 0.5) is 5.69 Å². The number of benzene rings is 1. The highest BCUT2D eigenvalue weighted by atomic mass is 16.6. The Labute approximate surface area is 117 Å². The summed E-state index contributed by atoms with van der Waals surface area (Å²) in [7, 11) is 0. The zero-order chi connectivity index (χ0) is 15.1. The molecule has 0 aromatic heterocycles. The summed E-state index contributed by atoms with van der Waals surface area (Å²) in [5.41, 5.74) is 0.948. The summed E-state index contributed by atoms with van der Waals surface area (Å²) < 4.78 is 10.2. The van der Waals surface area contributed by atoms with E-state index in [0.29, 0.717) is 30.1 Å². The van der Waals surface area contributed by atoms with Gasteiger partial charge >= 0.3 is 5.97 Å². The summed E-state index contributed by atoms with van der Waals surface area (Å²) >= 11 is 0. The van der Waals surface area contributed by atoms with Crippen molar-refractivity contribution >= 4 is 17.7 Å². The molecule has 0 heterocycles. The number of hydrogen-bond donors (Lipinski definition) is 0. The summed E-state index contributed by atoms with van der Waals surface area (Å²) in [6.07, 6.45) is 1.59. The van der Waals surface area contributed by atoms with Gasteiger partial charge in [0.15, 0.2) is 0 Å². The molecule has 0 spiro atoms. The van der Waals surface area contributed by atoms with Gasteiger partial charge in [-0.25, -0.2) is 4.79 Å². The molecule has 0 bridgehead atoms. The molecule has 0 saturated heterocycles. The van der Waals surface area contributed by atoms with Crippen LogP contribution < -0.4 is 4.74 Å². The predicted molar refractivity (Wildman–Crippen MR) is 74.5 cm³/mol. The van der Waals surface area contributed by atoms with E-state index in [2.05, 4.69) is 0 Å². The van der Waals surface area contributed by atoms with Gasteiger partial charge in [-0.05, 0) is 32.9 Å². The number of esters is 1. The standard InChI is InChI=1S/C14H17NO5/c1-4-19-13-9-12(15(17)18)7-6-11(13)8-10(3)14(16)20-5-2/h6-9H,4-5H2,1-3H3/b10-8-. The first-order valence-electron chi connectivity index (χ1n) is 6.26. The minimum Gasteiger partial charge on any atom is -0.493 e. The number of carbonyl (C=O) groups is 1. The molecule has 0 unspecified atom stereocenters. The summed E-state index contributed by atoms with van der Waals surface area (Å²) in [5, 5.41) is 10.7. The van der Waals surface area contributed by atoms with Crippen molar-refractivity contribution in [2.45, 2.75) is 20.8 Å². The van der Waals surface area contributed by atoms with Gasteiger partial charge in [0.2, 0.25) is 0 Å². The van der Waals surface area contributed by atoms with Crippen molar-refractivity contribution < 1.29 is 19.2 Å². The number of nitro benzene ring substituents is 1. The van der Waals surface area contributed by atoms with Crippen LogP contribution in [0, 0.1) is 10.1 Å². The van der Waals surface area contributed by atoms with Crippen LogP contribution in [0.15, 0.2) is 23.8 Å². The number of nitro groups is 1. The fraction of sp³-hybridized carbons (Fsp3) is 0.357. The van der Waals surface area contributed by atoms with Crippen molar-refractivity contribution in [3.8, 4) is 5.75 Å². The Morgan fingerprint density at radius 1 is 1.35 bits per heavy atom. The van der Waals surface area contributed by atoms with Crippen LogP contribution in [0.3, 0.4) is 0 Å². The third-order valence-electron chi connectivity index (χ3n) is 2.48. The van der Waals surface area contributed by atoms with Gasteiger partial charge in [0, 0.05) is 17.2 Å². The molecule has 0 N–H and O–H groups in total. The van der Waals surface area contributed by atoms with Crippen LogP contribution in [0.25, 0.3) is 6.08 Å². The topological polar surface area (TPSA) is 78.7 Å². The van der Waals surface area contributed by atoms with E-state index in [0.717, 1.165) is 0 Å². The van der Waals surface area contributed by atoms with E-state index in [-0.39, 0.29) is 5.69 Å². The van der Waals surface area contributed by atoms with Crippen LogP contribution in [0.5, 0.6) is 5.75 Å². The number of rotatable bonds is 6. The third kappa shape index (κ3) is 4.08. The Kier molecular flexibility index (Phi) is 5.71. The highest BCUT2D eigenvalue weighted by molar-refractivity contribution is 5.93. The van der Waals surface area contributed by atoms with Crippen molar-refractivity contribution in [2.24, 2.45) is 0 Å². The van der Waals surface area contributed by atoms with E-state index < -0.39 is 10.9 Å². The fourth-order valence-electron chi connectivity index (χ4n) is 1.57. The molecule has 0 fully saturated rings. The van der Waals surface area contributed by atoms with Crippen LogP contribution in [-0.2, 0) is 9.53 Å². The fourth-order valence-corrected chi connectivity index (χ4v) is 1.57. The molecule has 0 saturated carbocycles. The maximum absolute atomic E-state index is 11.6. The van der Waals surface area contributed by atoms with Crippen molar-refractivity contribution in [1.82, 2.24) is 0 Å². The lowest BCUT2D eigenvalue weighted by atomic mass is 10.1. The Morgan fingerprint density at radius 2 is 2.05 bits per heavy atom. The van der Waals surface area contributed by atoms with Crippen LogP contribution in [0.2, 0.25) is 0 Å². The lowest BCUT2D eigenvalue weighted by molar-refractivity contribution is -0.384. The third-order valence-corrected chi connectivity index (χ3v) is 2.48. The van der Waals surface area contributed by atoms with E-state index in [1.165, 1.54) is 12.1 Å². The summed E-state index contributed by atoms with van der Waals surface area (Å²) in [4.78, 5) is 21.8. The second-order valence-electron chi connectivity index (χ2n) is 3.96. The smallest absolute Gasteiger partial charge is 0.333 e. The first-order chi connectivity index (χ1) is 9.49. The van der Waals surface area contributed by atoms with Crippen LogP contribution >= 0.6 is 0 Å². The molecule has 1 rings (SSSR count). The van der Waals surface area contributed by atoms with Crippen molar-refractivity contribution in [3.05, 3.63) is 39.4 Å². The molecule has 0 amide bonds. The van der Waals surface area contributed by atoms with Gasteiger partial charge < -0.3 is 9.47 Å². The molecular formula is C14H17NO5. The average Bonchev–Trinajstić information content (AvgIpc) is 2.40. The molecule has 6 nitrogen and oxygen atoms in total. The highest BCUT2D eigenvalue weighted by Crippen LogP contribution is 2.27. The quantitative estimate of drug-likeness (QED) is 0.346. The number of hydrogen-bond acceptors (Lipinski definition) is 5. The van der Waals surface area contributed by atoms with Gasteiger partial charge in [-0.2, -0.15) is 0 Å². The number of non-ortho nitro benzene ring substituents is 1. The van der Waals surface area contributed by atoms with Crippen LogP contribution in [0.1, 0.15) is 26.3 Å². The second-order valence-corrected chi connectivity index (χ2v) is 3.96. The lowest BCUT2D eigenvalue weighted by Gasteiger charge is -2.08. The molecule has 0 radical (unpaired) electrons. The Balaban J connectivity index is 3.13. The van der Waals surface area contributed by atoms with Gasteiger partial charge in [0.1, 0.15) is 5.75 Å². The Morgan fingerprint density at radius 3 is 2.60 bits per heavy atom. The largest absolute Gasteiger partial charge is 0.493 e. The van der Waals surface area contributed by atoms with Crippen molar-refractivity contribution in [1.29, 1.82) is 0 Å². The summed E-state index contributed by atoms with van der Waals surface area (Å²) in [6.45, 7) is 5.80. The van der Waals surface area contributed by atoms with Gasteiger partial charge in [-0.15, -0.1) is 0 Å². The molecule has 1 aromatic carbocycles. The molecule has 1 aromatic rings. The molecule has 0 atom stereocenters. The second kappa shape index (κ2) is 7.28. The normalized spacial score (nSPS) is 11.1. The molecule has 6 heteroatoms. The van der Waals surface area contributed by atoms with Crippen molar-refractivity contribution in [3.63, 3.8) is 0 Å². The van der Waals surface area contributed by atoms with Gasteiger partial charge in [0.05, 0.1) is 24.2 Å². The summed E-state index contributed by atoms with van der Waals surface area (Å²) in [5.74, 6) is -0.0568. The molecule has 20 heavy (non-hydrogen) atoms. The monoisotopic (exact) mass is 279 g/mol. The SMILES string of the molecule is CCOC(=O)/C(C)=C\c1ccc([N+](=O)[O-])cc1OCC. The minimum absolute atomic E-state index is 0.0561. The predicted octanol–water partition coefficient (Wildman–Crippen LogP) is 2.96. The molecular weight excluding hydrogens is 262 g/mol. The number of ether oxygens (including phenoxy) is 2. The first kappa shape index (κ1) is 15.7. The maximum atomic E-state index is 11.6. The average molecular weight is 279 g/mol. The Hall–Kier alpha value is -2.37. The van der Waals surface area contributed by atoms with E-state index in [1.54, 1.807) is 32.9 Å². The highest BCUT2D eigenvalue weighted by Gasteiger charge is 2.12. The number of carbonyl (C=O) groups excluding carboxylic acids is 1. The zero-order valence-corrected chi connectivity index (χ0v) is 11.7. The molecule has 0 aliphatic carbocycles. The zero-order valence-electron chi connectivity index (χ0n) is 11.7. The molecule has 108 valence electrons. The van der Waals surface area contributed by atoms with Gasteiger partial charge in [-0.1, -0.05) is 0 Å². The lowest BCUT2D eigenvalue weighted by Crippen LogP contribution is -2.05. The van der Waals surface area contributed by atoms with E-state index in [9.17, 15) is 14.9 Å². The Bertz CT molecular complexity index is 536. The maximum Gasteiger partial charge on any atom is 0.333 e. The molecule has 0 aliphatic heterocycles. The van der Waals surface area contributed by atoms with Crippen molar-refractivity contribution in [2.75, 3.05) is 13.2 Å². The van der Waals surface area contributed by atoms with E-state index >= 15 is 0 Å². The first-order valence-corrected chi connectivity index (χ1v) is 6.26. The summed E-state index contributed by atoms with van der Waals surface area (Å²) in [6, 6.07) is 4.26. The van der Waals surface area contributed by atoms with Gasteiger partial charge in [0.25, 0.3) is 5.69 Å². The van der Waals surface area contributed by atoms with Crippen LogP contribution in [-0.4, -0.2) is 24.1 Å². The van der Waals surface area contributed by atoms with E-state index in [4.69, 9.17) is 9.47 Å². The molecule has 0 aliphatic rings. The van der Waals surface area contributed by atoms with E-state index in [1.807, 2.05) is 0 Å². The van der Waals surface area contributed by atoms with Gasteiger partial charge in [-0.3, -0.25) is 10.1 Å². The number of nitrogens with zero attached hydrogens (tertiary/aromatic N) is 1.